The molecule has 0 saturated heterocycles. The van der Waals surface area contributed by atoms with E-state index in [9.17, 15) is 4.39 Å². The van der Waals surface area contributed by atoms with Gasteiger partial charge in [-0.25, -0.2) is 4.39 Å². The molecule has 2 aromatic carbocycles. The topological polar surface area (TPSA) is 29.3 Å². The summed E-state index contributed by atoms with van der Waals surface area (Å²) in [6.45, 7) is 0.590. The van der Waals surface area contributed by atoms with Gasteiger partial charge in [-0.1, -0.05) is 40.2 Å². The summed E-state index contributed by atoms with van der Waals surface area (Å²) < 4.78 is 14.8. The van der Waals surface area contributed by atoms with Crippen molar-refractivity contribution in [3.63, 3.8) is 0 Å². The number of nitrogen functional groups attached to an aromatic ring is 1. The summed E-state index contributed by atoms with van der Waals surface area (Å²) in [5, 5.41) is 0. The highest BCUT2D eigenvalue weighted by atomic mass is 79.9. The van der Waals surface area contributed by atoms with Crippen LogP contribution < -0.4 is 10.6 Å². The summed E-state index contributed by atoms with van der Waals surface area (Å²) in [6, 6.07) is 12.6. The minimum atomic E-state index is -0.301. The molecule has 0 aliphatic heterocycles. The molecule has 0 heterocycles. The summed E-state index contributed by atoms with van der Waals surface area (Å²) in [4.78, 5) is 1.81. The van der Waals surface area contributed by atoms with Gasteiger partial charge in [-0.2, -0.15) is 0 Å². The van der Waals surface area contributed by atoms with Crippen LogP contribution in [0.15, 0.2) is 46.9 Å². The average Bonchev–Trinajstić information content (AvgIpc) is 2.32. The summed E-state index contributed by atoms with van der Waals surface area (Å²) >= 11 is 3.48. The molecule has 0 radical (unpaired) electrons. The third-order valence-electron chi connectivity index (χ3n) is 2.77. The molecule has 0 aromatic heterocycles. The predicted molar refractivity (Wildman–Crippen MR) is 77.1 cm³/mol. The zero-order valence-corrected chi connectivity index (χ0v) is 11.6. The monoisotopic (exact) mass is 308 g/mol. The fourth-order valence-electron chi connectivity index (χ4n) is 1.90. The van der Waals surface area contributed by atoms with Gasteiger partial charge in [0.05, 0.1) is 11.4 Å². The summed E-state index contributed by atoms with van der Waals surface area (Å²) in [5.41, 5.74) is 7.79. The number of rotatable bonds is 3. The van der Waals surface area contributed by atoms with Gasteiger partial charge < -0.3 is 10.6 Å². The third kappa shape index (κ3) is 2.64. The number of halogens is 2. The molecule has 94 valence electrons. The number of hydrogen-bond acceptors (Lipinski definition) is 2. The van der Waals surface area contributed by atoms with Gasteiger partial charge in [-0.05, 0) is 23.8 Å². The summed E-state index contributed by atoms with van der Waals surface area (Å²) in [5.74, 6) is -0.301. The first-order chi connectivity index (χ1) is 8.59. The molecule has 0 saturated carbocycles. The molecule has 2 N–H and O–H groups in total. The van der Waals surface area contributed by atoms with E-state index in [0.717, 1.165) is 10.0 Å². The fraction of sp³-hybridized carbons (Fsp3) is 0.143. The molecule has 0 spiro atoms. The maximum absolute atomic E-state index is 13.8. The lowest BCUT2D eigenvalue weighted by molar-refractivity contribution is 0.623. The van der Waals surface area contributed by atoms with E-state index in [1.165, 1.54) is 6.07 Å². The van der Waals surface area contributed by atoms with Crippen molar-refractivity contribution in [2.24, 2.45) is 0 Å². The van der Waals surface area contributed by atoms with Crippen LogP contribution in [0.1, 0.15) is 5.56 Å². The lowest BCUT2D eigenvalue weighted by Crippen LogP contribution is -2.19. The zero-order chi connectivity index (χ0) is 13.1. The Morgan fingerprint density at radius 2 is 1.89 bits per heavy atom. The third-order valence-corrected chi connectivity index (χ3v) is 3.54. The highest BCUT2D eigenvalue weighted by molar-refractivity contribution is 9.10. The number of anilines is 2. The van der Waals surface area contributed by atoms with Crippen molar-refractivity contribution in [2.45, 2.75) is 6.54 Å². The first kappa shape index (κ1) is 12.9. The van der Waals surface area contributed by atoms with Crippen molar-refractivity contribution >= 4 is 27.3 Å². The van der Waals surface area contributed by atoms with E-state index < -0.39 is 0 Å². The Hall–Kier alpha value is -1.55. The van der Waals surface area contributed by atoms with Crippen molar-refractivity contribution in [2.75, 3.05) is 17.7 Å². The van der Waals surface area contributed by atoms with Crippen molar-refractivity contribution < 1.29 is 4.39 Å². The van der Waals surface area contributed by atoms with Crippen molar-refractivity contribution in [3.05, 3.63) is 58.3 Å². The molecule has 4 heteroatoms. The van der Waals surface area contributed by atoms with Crippen LogP contribution in [0.2, 0.25) is 0 Å². The Kier molecular flexibility index (Phi) is 3.87. The molecule has 2 rings (SSSR count). The number of benzene rings is 2. The van der Waals surface area contributed by atoms with E-state index in [4.69, 9.17) is 5.73 Å². The Balaban J connectivity index is 2.28. The minimum Gasteiger partial charge on any atom is -0.397 e. The van der Waals surface area contributed by atoms with Crippen LogP contribution in [0, 0.1) is 5.82 Å². The molecule has 0 atom stereocenters. The molecular formula is C14H14BrFN2. The van der Waals surface area contributed by atoms with Crippen LogP contribution in [0.4, 0.5) is 15.8 Å². The molecule has 0 aliphatic rings. The Bertz CT molecular complexity index is 537. The maximum Gasteiger partial charge on any atom is 0.148 e. The van der Waals surface area contributed by atoms with Crippen LogP contribution in [-0.2, 0) is 6.54 Å². The second-order valence-electron chi connectivity index (χ2n) is 4.13. The normalized spacial score (nSPS) is 10.4. The van der Waals surface area contributed by atoms with Crippen LogP contribution in [-0.4, -0.2) is 7.05 Å². The molecule has 0 bridgehead atoms. The van der Waals surface area contributed by atoms with Crippen LogP contribution >= 0.6 is 15.9 Å². The minimum absolute atomic E-state index is 0.301. The van der Waals surface area contributed by atoms with Gasteiger partial charge in [0.1, 0.15) is 5.82 Å². The predicted octanol–water partition coefficient (Wildman–Crippen LogP) is 3.81. The average molecular weight is 309 g/mol. The molecule has 2 nitrogen and oxygen atoms in total. The van der Waals surface area contributed by atoms with Gasteiger partial charge in [0.15, 0.2) is 0 Å². The Morgan fingerprint density at radius 1 is 1.17 bits per heavy atom. The molecule has 0 amide bonds. The first-order valence-electron chi connectivity index (χ1n) is 5.58. The van der Waals surface area contributed by atoms with Gasteiger partial charge >= 0.3 is 0 Å². The van der Waals surface area contributed by atoms with E-state index in [2.05, 4.69) is 15.9 Å². The van der Waals surface area contributed by atoms with Crippen LogP contribution in [0.3, 0.4) is 0 Å². The second-order valence-corrected chi connectivity index (χ2v) is 4.98. The highest BCUT2D eigenvalue weighted by Crippen LogP contribution is 2.28. The SMILES string of the molecule is CN(Cc1ccccc1Br)c1c(N)cccc1F. The van der Waals surface area contributed by atoms with Crippen molar-refractivity contribution in [1.82, 2.24) is 0 Å². The van der Waals surface area contributed by atoms with Gasteiger partial charge in [0.25, 0.3) is 0 Å². The molecule has 0 aliphatic carbocycles. The first-order valence-corrected chi connectivity index (χ1v) is 6.37. The summed E-state index contributed by atoms with van der Waals surface area (Å²) in [6.07, 6.45) is 0. The van der Waals surface area contributed by atoms with Gasteiger partial charge in [0.2, 0.25) is 0 Å². The number of para-hydroxylation sites is 1. The quantitative estimate of drug-likeness (QED) is 0.874. The van der Waals surface area contributed by atoms with E-state index >= 15 is 0 Å². The van der Waals surface area contributed by atoms with E-state index in [0.29, 0.717) is 17.9 Å². The maximum atomic E-state index is 13.8. The summed E-state index contributed by atoms with van der Waals surface area (Å²) in [7, 11) is 1.83. The number of nitrogens with zero attached hydrogens (tertiary/aromatic N) is 1. The molecule has 0 unspecified atom stereocenters. The Labute approximate surface area is 114 Å². The molecule has 2 aromatic rings. The highest BCUT2D eigenvalue weighted by Gasteiger charge is 2.12. The molecular weight excluding hydrogens is 295 g/mol. The standard InChI is InChI=1S/C14H14BrFN2/c1-18(9-10-5-2-3-6-11(10)15)14-12(16)7-4-8-13(14)17/h2-8H,9,17H2,1H3. The Morgan fingerprint density at radius 3 is 2.56 bits per heavy atom. The smallest absolute Gasteiger partial charge is 0.148 e. The van der Waals surface area contributed by atoms with Crippen molar-refractivity contribution in [3.8, 4) is 0 Å². The lowest BCUT2D eigenvalue weighted by Gasteiger charge is -2.22. The van der Waals surface area contributed by atoms with E-state index in [1.807, 2.05) is 36.2 Å². The second kappa shape index (κ2) is 5.40. The lowest BCUT2D eigenvalue weighted by atomic mass is 10.2. The number of nitrogens with two attached hydrogens (primary N) is 1. The van der Waals surface area contributed by atoms with Gasteiger partial charge in [0, 0.05) is 18.1 Å². The fourth-order valence-corrected chi connectivity index (χ4v) is 2.31. The molecule has 18 heavy (non-hydrogen) atoms. The van der Waals surface area contributed by atoms with Gasteiger partial charge in [-0.15, -0.1) is 0 Å². The van der Waals surface area contributed by atoms with Gasteiger partial charge in [-0.3, -0.25) is 0 Å². The van der Waals surface area contributed by atoms with E-state index in [1.54, 1.807) is 12.1 Å². The van der Waals surface area contributed by atoms with Crippen LogP contribution in [0.25, 0.3) is 0 Å². The molecule has 0 fully saturated rings. The van der Waals surface area contributed by atoms with E-state index in [-0.39, 0.29) is 5.82 Å². The largest absolute Gasteiger partial charge is 0.397 e. The van der Waals surface area contributed by atoms with Crippen LogP contribution in [0.5, 0.6) is 0 Å². The number of hydrogen-bond donors (Lipinski definition) is 1. The van der Waals surface area contributed by atoms with Crippen molar-refractivity contribution in [1.29, 1.82) is 0 Å². The zero-order valence-electron chi connectivity index (χ0n) is 10.0.